The van der Waals surface area contributed by atoms with Crippen LogP contribution in [-0.2, 0) is 11.3 Å². The van der Waals surface area contributed by atoms with E-state index in [4.69, 9.17) is 9.26 Å². The van der Waals surface area contributed by atoms with Gasteiger partial charge in [0.2, 0.25) is 0 Å². The lowest BCUT2D eigenvalue weighted by Crippen LogP contribution is -2.72. The lowest BCUT2D eigenvalue weighted by molar-refractivity contribution is -0.171. The zero-order valence-corrected chi connectivity index (χ0v) is 14.8. The summed E-state index contributed by atoms with van der Waals surface area (Å²) >= 11 is 0. The van der Waals surface area contributed by atoms with Gasteiger partial charge in [0, 0.05) is 37.1 Å². The second-order valence-electron chi connectivity index (χ2n) is 7.75. The van der Waals surface area contributed by atoms with E-state index in [-0.39, 0.29) is 0 Å². The van der Waals surface area contributed by atoms with Crippen molar-refractivity contribution in [2.45, 2.75) is 64.1 Å². The fourth-order valence-corrected chi connectivity index (χ4v) is 4.65. The number of rotatable bonds is 4. The van der Waals surface area contributed by atoms with E-state index in [1.165, 1.54) is 25.7 Å². The van der Waals surface area contributed by atoms with E-state index in [9.17, 15) is 0 Å². The Kier molecular flexibility index (Phi) is 4.03. The molecule has 0 radical (unpaired) electrons. The summed E-state index contributed by atoms with van der Waals surface area (Å²) in [6, 6.07) is 2.51. The normalized spacial score (nSPS) is 30.8. The molecule has 3 atom stereocenters. The average molecular weight is 332 g/mol. The summed E-state index contributed by atoms with van der Waals surface area (Å²) in [7, 11) is 1.82. The molecule has 132 valence electrons. The molecule has 2 heterocycles. The van der Waals surface area contributed by atoms with Crippen LogP contribution in [0, 0.1) is 11.3 Å². The molecular formula is C18H28N4O2. The van der Waals surface area contributed by atoms with Crippen LogP contribution in [0.25, 0.3) is 0 Å². The smallest absolute Gasteiger partial charge is 0.191 e. The Morgan fingerprint density at radius 1 is 1.46 bits per heavy atom. The predicted octanol–water partition coefficient (Wildman–Crippen LogP) is 2.42. The van der Waals surface area contributed by atoms with E-state index in [0.29, 0.717) is 35.9 Å². The zero-order chi connectivity index (χ0) is 16.7. The first-order valence-corrected chi connectivity index (χ1v) is 9.18. The van der Waals surface area contributed by atoms with E-state index in [1.54, 1.807) is 0 Å². The molecule has 1 spiro atoms. The van der Waals surface area contributed by atoms with Crippen LogP contribution < -0.4 is 10.6 Å². The molecule has 1 aromatic rings. The van der Waals surface area contributed by atoms with Crippen LogP contribution in [-0.4, -0.2) is 36.9 Å². The van der Waals surface area contributed by atoms with Gasteiger partial charge in [-0.05, 0) is 25.2 Å². The molecule has 2 N–H and O–H groups in total. The van der Waals surface area contributed by atoms with Crippen molar-refractivity contribution in [1.29, 1.82) is 0 Å². The van der Waals surface area contributed by atoms with Gasteiger partial charge in [-0.25, -0.2) is 0 Å². The predicted molar refractivity (Wildman–Crippen MR) is 91.8 cm³/mol. The lowest BCUT2D eigenvalue weighted by Gasteiger charge is -2.63. The van der Waals surface area contributed by atoms with Crippen LogP contribution >= 0.6 is 0 Å². The number of nitrogens with zero attached hydrogens (tertiary/aromatic N) is 2. The Morgan fingerprint density at radius 2 is 2.29 bits per heavy atom. The van der Waals surface area contributed by atoms with Crippen molar-refractivity contribution >= 4 is 5.96 Å². The van der Waals surface area contributed by atoms with E-state index in [2.05, 4.69) is 34.6 Å². The van der Waals surface area contributed by atoms with Gasteiger partial charge in [-0.3, -0.25) is 4.99 Å². The molecule has 1 saturated heterocycles. The maximum atomic E-state index is 5.99. The number of ether oxygens (including phenoxy) is 1. The molecule has 4 rings (SSSR count). The number of aromatic nitrogens is 1. The molecule has 6 heteroatoms. The summed E-state index contributed by atoms with van der Waals surface area (Å²) in [4.78, 5) is 4.40. The Labute approximate surface area is 143 Å². The largest absolute Gasteiger partial charge is 0.377 e. The first kappa shape index (κ1) is 15.9. The summed E-state index contributed by atoms with van der Waals surface area (Å²) in [5, 5.41) is 11.1. The highest BCUT2D eigenvalue weighted by molar-refractivity contribution is 5.80. The Morgan fingerprint density at radius 3 is 2.92 bits per heavy atom. The van der Waals surface area contributed by atoms with E-state index >= 15 is 0 Å². The third-order valence-corrected chi connectivity index (χ3v) is 6.15. The first-order valence-electron chi connectivity index (χ1n) is 9.18. The fourth-order valence-electron chi connectivity index (χ4n) is 4.65. The van der Waals surface area contributed by atoms with Gasteiger partial charge in [0.25, 0.3) is 0 Å². The van der Waals surface area contributed by atoms with Crippen LogP contribution in [0.15, 0.2) is 15.6 Å². The van der Waals surface area contributed by atoms with Crippen molar-refractivity contribution in [2.24, 2.45) is 16.3 Å². The standard InChI is InChI=1S/C18H28N4O2/c1-11(2)14-9-12(24-22-14)10-20-17(19-3)21-15-13-5-8-23-16(13)18(15)6-4-7-18/h9,11,13,15-16H,4-8,10H2,1-3H3,(H2,19,20,21). The number of aliphatic imine (C=N–C) groups is 1. The molecule has 6 nitrogen and oxygen atoms in total. The van der Waals surface area contributed by atoms with Gasteiger partial charge in [-0.15, -0.1) is 0 Å². The summed E-state index contributed by atoms with van der Waals surface area (Å²) < 4.78 is 11.4. The van der Waals surface area contributed by atoms with Gasteiger partial charge in [-0.1, -0.05) is 25.4 Å². The SMILES string of the molecule is CN=C(NCc1cc(C(C)C)no1)NC1C2CCOC2C12CCC2. The second kappa shape index (κ2) is 6.06. The number of hydrogen-bond donors (Lipinski definition) is 2. The van der Waals surface area contributed by atoms with Crippen molar-refractivity contribution < 1.29 is 9.26 Å². The highest BCUT2D eigenvalue weighted by atomic mass is 16.5. The maximum absolute atomic E-state index is 5.99. The van der Waals surface area contributed by atoms with Gasteiger partial charge in [0.15, 0.2) is 11.7 Å². The van der Waals surface area contributed by atoms with Gasteiger partial charge < -0.3 is 19.9 Å². The van der Waals surface area contributed by atoms with E-state index < -0.39 is 0 Å². The van der Waals surface area contributed by atoms with Gasteiger partial charge in [0.1, 0.15) is 0 Å². The van der Waals surface area contributed by atoms with E-state index in [1.807, 2.05) is 13.1 Å². The van der Waals surface area contributed by atoms with Crippen LogP contribution in [0.1, 0.15) is 56.9 Å². The summed E-state index contributed by atoms with van der Waals surface area (Å²) in [6.07, 6.45) is 5.53. The Hall–Kier alpha value is -1.56. The molecular weight excluding hydrogens is 304 g/mol. The molecule has 3 aliphatic rings. The van der Waals surface area contributed by atoms with Crippen molar-refractivity contribution in [3.63, 3.8) is 0 Å². The molecule has 3 unspecified atom stereocenters. The molecule has 0 bridgehead atoms. The van der Waals surface area contributed by atoms with Crippen LogP contribution in [0.5, 0.6) is 0 Å². The van der Waals surface area contributed by atoms with Gasteiger partial charge in [-0.2, -0.15) is 0 Å². The summed E-state index contributed by atoms with van der Waals surface area (Å²) in [5.74, 6) is 2.71. The molecule has 1 aromatic heterocycles. The molecule has 2 saturated carbocycles. The van der Waals surface area contributed by atoms with Crippen LogP contribution in [0.3, 0.4) is 0 Å². The Balaban J connectivity index is 1.36. The summed E-state index contributed by atoms with van der Waals surface area (Å²) in [6.45, 7) is 5.75. The van der Waals surface area contributed by atoms with Gasteiger partial charge >= 0.3 is 0 Å². The molecule has 0 aromatic carbocycles. The minimum Gasteiger partial charge on any atom is -0.377 e. The number of fused-ring (bicyclic) bond motifs is 2. The second-order valence-corrected chi connectivity index (χ2v) is 7.75. The first-order chi connectivity index (χ1) is 11.6. The van der Waals surface area contributed by atoms with Crippen LogP contribution in [0.4, 0.5) is 0 Å². The van der Waals surface area contributed by atoms with Crippen molar-refractivity contribution in [3.05, 3.63) is 17.5 Å². The van der Waals surface area contributed by atoms with Crippen LogP contribution in [0.2, 0.25) is 0 Å². The molecule has 3 fully saturated rings. The van der Waals surface area contributed by atoms with Gasteiger partial charge in [0.05, 0.1) is 18.3 Å². The lowest BCUT2D eigenvalue weighted by atomic mass is 9.46. The average Bonchev–Trinajstić information content (AvgIpc) is 3.14. The monoisotopic (exact) mass is 332 g/mol. The number of hydrogen-bond acceptors (Lipinski definition) is 4. The number of guanidine groups is 1. The minimum atomic E-state index is 0.357. The third kappa shape index (κ3) is 2.42. The maximum Gasteiger partial charge on any atom is 0.191 e. The molecule has 2 aliphatic carbocycles. The quantitative estimate of drug-likeness (QED) is 0.654. The van der Waals surface area contributed by atoms with E-state index in [0.717, 1.165) is 24.0 Å². The fraction of sp³-hybridized carbons (Fsp3) is 0.778. The highest BCUT2D eigenvalue weighted by Crippen LogP contribution is 2.62. The topological polar surface area (TPSA) is 71.7 Å². The molecule has 0 amide bonds. The van der Waals surface area contributed by atoms with Crippen molar-refractivity contribution in [2.75, 3.05) is 13.7 Å². The summed E-state index contributed by atoms with van der Waals surface area (Å²) in [5.41, 5.74) is 1.35. The molecule has 1 aliphatic heterocycles. The Bertz CT molecular complexity index is 620. The minimum absolute atomic E-state index is 0.357. The number of nitrogens with one attached hydrogen (secondary N) is 2. The molecule has 24 heavy (non-hydrogen) atoms. The van der Waals surface area contributed by atoms with Crippen molar-refractivity contribution in [3.8, 4) is 0 Å². The highest BCUT2D eigenvalue weighted by Gasteiger charge is 2.66. The van der Waals surface area contributed by atoms with Crippen molar-refractivity contribution in [1.82, 2.24) is 15.8 Å². The third-order valence-electron chi connectivity index (χ3n) is 6.15. The zero-order valence-electron chi connectivity index (χ0n) is 14.8.